The fraction of sp³-hybridized carbons (Fsp3) is 0.467. The van der Waals surface area contributed by atoms with Crippen molar-refractivity contribution in [1.29, 1.82) is 0 Å². The summed E-state index contributed by atoms with van der Waals surface area (Å²) in [5.74, 6) is -0.974. The lowest BCUT2D eigenvalue weighted by molar-refractivity contribution is -0.125. The topological polar surface area (TPSA) is 92.3 Å². The van der Waals surface area contributed by atoms with Gasteiger partial charge in [-0.05, 0) is 31.9 Å². The van der Waals surface area contributed by atoms with E-state index in [1.54, 1.807) is 6.07 Å². The molecule has 0 aliphatic carbocycles. The summed E-state index contributed by atoms with van der Waals surface area (Å²) in [4.78, 5) is 23.5. The molecule has 1 aromatic carbocycles. The van der Waals surface area contributed by atoms with Gasteiger partial charge in [0.05, 0.1) is 5.75 Å². The summed E-state index contributed by atoms with van der Waals surface area (Å²) < 4.78 is 22.5. The highest BCUT2D eigenvalue weighted by molar-refractivity contribution is 7.90. The summed E-state index contributed by atoms with van der Waals surface area (Å²) in [5.41, 5.74) is 2.62. The Morgan fingerprint density at radius 3 is 2.36 bits per heavy atom. The van der Waals surface area contributed by atoms with E-state index in [4.69, 9.17) is 0 Å². The van der Waals surface area contributed by atoms with Crippen molar-refractivity contribution < 1.29 is 18.0 Å². The molecule has 0 aliphatic rings. The van der Waals surface area contributed by atoms with Crippen LogP contribution >= 0.6 is 0 Å². The average molecular weight is 326 g/mol. The molecule has 1 unspecified atom stereocenters. The molecule has 0 aliphatic heterocycles. The normalized spacial score (nSPS) is 12.5. The summed E-state index contributed by atoms with van der Waals surface area (Å²) >= 11 is 0. The minimum Gasteiger partial charge on any atom is -0.345 e. The molecule has 0 saturated carbocycles. The predicted molar refractivity (Wildman–Crippen MR) is 86.5 cm³/mol. The van der Waals surface area contributed by atoms with E-state index < -0.39 is 21.8 Å². The van der Waals surface area contributed by atoms with Crippen molar-refractivity contribution in [1.82, 2.24) is 5.32 Å². The lowest BCUT2D eigenvalue weighted by Gasteiger charge is -2.18. The van der Waals surface area contributed by atoms with Crippen molar-refractivity contribution in [2.45, 2.75) is 33.2 Å². The Kier molecular flexibility index (Phi) is 6.11. The van der Waals surface area contributed by atoms with Gasteiger partial charge >= 0.3 is 0 Å². The van der Waals surface area contributed by atoms with Gasteiger partial charge in [-0.1, -0.05) is 17.7 Å². The Labute approximate surface area is 131 Å². The van der Waals surface area contributed by atoms with Crippen LogP contribution in [-0.4, -0.2) is 38.3 Å². The first kappa shape index (κ1) is 18.2. The molecule has 22 heavy (non-hydrogen) atoms. The van der Waals surface area contributed by atoms with E-state index in [0.29, 0.717) is 5.69 Å². The highest BCUT2D eigenvalue weighted by Gasteiger charge is 2.21. The third-order valence-corrected chi connectivity index (χ3v) is 4.09. The van der Waals surface area contributed by atoms with E-state index in [1.807, 2.05) is 26.0 Å². The standard InChI is InChI=1S/C15H22N2O4S/c1-10-5-6-13(11(2)9-10)17-15(19)14(16-12(3)18)7-8-22(4,20)21/h5-6,9,14H,7-8H2,1-4H3,(H,16,18)(H,17,19). The first-order valence-electron chi connectivity index (χ1n) is 6.91. The van der Waals surface area contributed by atoms with Gasteiger partial charge in [0.1, 0.15) is 15.9 Å². The second-order valence-corrected chi connectivity index (χ2v) is 7.74. The molecule has 0 fully saturated rings. The Morgan fingerprint density at radius 2 is 1.86 bits per heavy atom. The monoisotopic (exact) mass is 326 g/mol. The van der Waals surface area contributed by atoms with Gasteiger partial charge in [-0.3, -0.25) is 9.59 Å². The van der Waals surface area contributed by atoms with E-state index in [2.05, 4.69) is 10.6 Å². The highest BCUT2D eigenvalue weighted by atomic mass is 32.2. The Bertz CT molecular complexity index is 668. The number of hydrogen-bond acceptors (Lipinski definition) is 4. The van der Waals surface area contributed by atoms with Crippen molar-refractivity contribution in [3.8, 4) is 0 Å². The molecular weight excluding hydrogens is 304 g/mol. The molecule has 0 saturated heterocycles. The number of anilines is 1. The number of carbonyl (C=O) groups is 2. The van der Waals surface area contributed by atoms with E-state index >= 15 is 0 Å². The van der Waals surface area contributed by atoms with Gasteiger partial charge in [0.25, 0.3) is 0 Å². The van der Waals surface area contributed by atoms with Gasteiger partial charge in [0.15, 0.2) is 0 Å². The molecule has 0 aromatic heterocycles. The van der Waals surface area contributed by atoms with Crippen LogP contribution in [0.4, 0.5) is 5.69 Å². The fourth-order valence-electron chi connectivity index (χ4n) is 2.02. The maximum Gasteiger partial charge on any atom is 0.246 e. The first-order valence-corrected chi connectivity index (χ1v) is 8.97. The summed E-state index contributed by atoms with van der Waals surface area (Å²) in [5, 5.41) is 5.22. The minimum atomic E-state index is -3.21. The van der Waals surface area contributed by atoms with Gasteiger partial charge in [-0.2, -0.15) is 0 Å². The number of hydrogen-bond donors (Lipinski definition) is 2. The average Bonchev–Trinajstić information content (AvgIpc) is 2.36. The van der Waals surface area contributed by atoms with Crippen molar-refractivity contribution in [2.24, 2.45) is 0 Å². The van der Waals surface area contributed by atoms with Crippen LogP contribution in [0.25, 0.3) is 0 Å². The quantitative estimate of drug-likeness (QED) is 0.821. The molecule has 1 aromatic rings. The number of benzene rings is 1. The zero-order valence-corrected chi connectivity index (χ0v) is 14.1. The maximum atomic E-state index is 12.3. The van der Waals surface area contributed by atoms with Crippen LogP contribution in [0.3, 0.4) is 0 Å². The van der Waals surface area contributed by atoms with Crippen LogP contribution in [0.15, 0.2) is 18.2 Å². The largest absolute Gasteiger partial charge is 0.345 e. The first-order chi connectivity index (χ1) is 10.1. The number of rotatable bonds is 6. The van der Waals surface area contributed by atoms with Gasteiger partial charge in [-0.15, -0.1) is 0 Å². The van der Waals surface area contributed by atoms with Gasteiger partial charge in [-0.25, -0.2) is 8.42 Å². The van der Waals surface area contributed by atoms with Crippen LogP contribution in [0.1, 0.15) is 24.5 Å². The number of amides is 2. The molecule has 0 spiro atoms. The van der Waals surface area contributed by atoms with Gasteiger partial charge in [0, 0.05) is 18.9 Å². The van der Waals surface area contributed by atoms with Gasteiger partial charge < -0.3 is 10.6 Å². The van der Waals surface area contributed by atoms with Crippen molar-refractivity contribution >= 4 is 27.3 Å². The molecule has 0 bridgehead atoms. The van der Waals surface area contributed by atoms with Crippen LogP contribution in [0, 0.1) is 13.8 Å². The second kappa shape index (κ2) is 7.40. The van der Waals surface area contributed by atoms with E-state index in [0.717, 1.165) is 17.4 Å². The van der Waals surface area contributed by atoms with Crippen molar-refractivity contribution in [2.75, 3.05) is 17.3 Å². The number of nitrogens with one attached hydrogen (secondary N) is 2. The lowest BCUT2D eigenvalue weighted by Crippen LogP contribution is -2.44. The third kappa shape index (κ3) is 6.26. The molecule has 6 nitrogen and oxygen atoms in total. The Hall–Kier alpha value is -1.89. The predicted octanol–water partition coefficient (Wildman–Crippen LogP) is 1.18. The Balaban J connectivity index is 2.84. The van der Waals surface area contributed by atoms with Crippen molar-refractivity contribution in [3.05, 3.63) is 29.3 Å². The molecule has 7 heteroatoms. The zero-order valence-electron chi connectivity index (χ0n) is 13.3. The second-order valence-electron chi connectivity index (χ2n) is 5.48. The van der Waals surface area contributed by atoms with Crippen molar-refractivity contribution in [3.63, 3.8) is 0 Å². The number of carbonyl (C=O) groups excluding carboxylic acids is 2. The minimum absolute atomic E-state index is 0.0369. The van der Waals surface area contributed by atoms with Gasteiger partial charge in [0.2, 0.25) is 11.8 Å². The third-order valence-electron chi connectivity index (χ3n) is 3.11. The molecule has 2 amide bonds. The maximum absolute atomic E-state index is 12.3. The molecule has 1 rings (SSSR count). The zero-order chi connectivity index (χ0) is 16.9. The highest BCUT2D eigenvalue weighted by Crippen LogP contribution is 2.16. The molecule has 1 atom stereocenters. The fourth-order valence-corrected chi connectivity index (χ4v) is 2.68. The van der Waals surface area contributed by atoms with Crippen LogP contribution < -0.4 is 10.6 Å². The summed E-state index contributed by atoms with van der Waals surface area (Å²) in [6, 6.07) is 4.70. The number of aryl methyl sites for hydroxylation is 2. The number of sulfone groups is 1. The summed E-state index contributed by atoms with van der Waals surface area (Å²) in [7, 11) is -3.21. The lowest BCUT2D eigenvalue weighted by atomic mass is 10.1. The van der Waals surface area contributed by atoms with Crippen LogP contribution in [0.2, 0.25) is 0 Å². The van der Waals surface area contributed by atoms with Crippen LogP contribution in [0.5, 0.6) is 0 Å². The van der Waals surface area contributed by atoms with E-state index in [9.17, 15) is 18.0 Å². The SMILES string of the molecule is CC(=O)NC(CCS(C)(=O)=O)C(=O)Nc1ccc(C)cc1C. The Morgan fingerprint density at radius 1 is 1.23 bits per heavy atom. The summed E-state index contributed by atoms with van der Waals surface area (Å²) in [6.07, 6.45) is 1.13. The molecule has 0 radical (unpaired) electrons. The molecule has 122 valence electrons. The van der Waals surface area contributed by atoms with E-state index in [1.165, 1.54) is 6.92 Å². The molecule has 0 heterocycles. The smallest absolute Gasteiger partial charge is 0.246 e. The molecular formula is C15H22N2O4S. The van der Waals surface area contributed by atoms with Crippen LogP contribution in [-0.2, 0) is 19.4 Å². The molecule has 2 N–H and O–H groups in total. The van der Waals surface area contributed by atoms with E-state index in [-0.39, 0.29) is 18.1 Å². The summed E-state index contributed by atoms with van der Waals surface area (Å²) in [6.45, 7) is 5.11.